The zero-order chi connectivity index (χ0) is 17.5. The van der Waals surface area contributed by atoms with E-state index in [9.17, 15) is 13.2 Å². The van der Waals surface area contributed by atoms with Gasteiger partial charge in [0.05, 0.1) is 0 Å². The summed E-state index contributed by atoms with van der Waals surface area (Å²) in [5.41, 5.74) is 2.72. The Morgan fingerprint density at radius 1 is 0.792 bits per heavy atom. The van der Waals surface area contributed by atoms with Gasteiger partial charge in [0.25, 0.3) is 0 Å². The SMILES string of the molecule is CCN(CC)Cc1ccc(CNCc2cc(F)c(F)c(F)c2)cc1. The first-order chi connectivity index (χ1) is 11.5. The van der Waals surface area contributed by atoms with Crippen molar-refractivity contribution in [2.45, 2.75) is 33.5 Å². The summed E-state index contributed by atoms with van der Waals surface area (Å²) in [4.78, 5) is 2.34. The molecule has 0 aromatic heterocycles. The van der Waals surface area contributed by atoms with Crippen molar-refractivity contribution in [2.75, 3.05) is 13.1 Å². The van der Waals surface area contributed by atoms with E-state index >= 15 is 0 Å². The highest BCUT2D eigenvalue weighted by Crippen LogP contribution is 2.14. The van der Waals surface area contributed by atoms with Crippen molar-refractivity contribution >= 4 is 0 Å². The molecule has 5 heteroatoms. The maximum Gasteiger partial charge on any atom is 0.194 e. The lowest BCUT2D eigenvalue weighted by atomic mass is 10.1. The fraction of sp³-hybridized carbons (Fsp3) is 0.368. The van der Waals surface area contributed by atoms with Crippen molar-refractivity contribution in [2.24, 2.45) is 0 Å². The third kappa shape index (κ3) is 5.08. The topological polar surface area (TPSA) is 15.3 Å². The molecule has 0 spiro atoms. The van der Waals surface area contributed by atoms with Gasteiger partial charge in [-0.1, -0.05) is 38.1 Å². The van der Waals surface area contributed by atoms with E-state index < -0.39 is 17.5 Å². The van der Waals surface area contributed by atoms with Crippen LogP contribution in [-0.4, -0.2) is 18.0 Å². The summed E-state index contributed by atoms with van der Waals surface area (Å²) >= 11 is 0. The fourth-order valence-electron chi connectivity index (χ4n) is 2.53. The molecule has 2 rings (SSSR count). The van der Waals surface area contributed by atoms with E-state index in [4.69, 9.17) is 0 Å². The smallest absolute Gasteiger partial charge is 0.194 e. The molecule has 0 heterocycles. The maximum atomic E-state index is 13.2. The van der Waals surface area contributed by atoms with E-state index in [0.717, 1.165) is 37.3 Å². The molecule has 0 amide bonds. The highest BCUT2D eigenvalue weighted by Gasteiger charge is 2.10. The monoisotopic (exact) mass is 336 g/mol. The van der Waals surface area contributed by atoms with Crippen LogP contribution in [0, 0.1) is 17.5 Å². The van der Waals surface area contributed by atoms with Crippen LogP contribution in [0.4, 0.5) is 13.2 Å². The lowest BCUT2D eigenvalue weighted by Gasteiger charge is -2.18. The molecule has 0 aliphatic carbocycles. The molecule has 130 valence electrons. The normalized spacial score (nSPS) is 11.2. The molecule has 0 aliphatic rings. The molecule has 2 nitrogen and oxygen atoms in total. The van der Waals surface area contributed by atoms with Crippen molar-refractivity contribution in [3.63, 3.8) is 0 Å². The quantitative estimate of drug-likeness (QED) is 0.726. The standard InChI is InChI=1S/C19H23F3N2/c1-3-24(4-2)13-15-7-5-14(6-8-15)11-23-12-16-9-17(20)19(22)18(21)10-16/h5-10,23H,3-4,11-13H2,1-2H3. The number of nitrogens with one attached hydrogen (secondary N) is 1. The van der Waals surface area contributed by atoms with Gasteiger partial charge in [-0.15, -0.1) is 0 Å². The van der Waals surface area contributed by atoms with Gasteiger partial charge in [0.1, 0.15) is 0 Å². The third-order valence-corrected chi connectivity index (χ3v) is 4.03. The number of halogens is 3. The lowest BCUT2D eigenvalue weighted by Crippen LogP contribution is -2.22. The summed E-state index contributed by atoms with van der Waals surface area (Å²) in [6.07, 6.45) is 0. The Morgan fingerprint density at radius 2 is 1.29 bits per heavy atom. The second kappa shape index (κ2) is 8.85. The molecule has 0 bridgehead atoms. The van der Waals surface area contributed by atoms with E-state index in [0.29, 0.717) is 12.1 Å². The highest BCUT2D eigenvalue weighted by molar-refractivity contribution is 5.23. The summed E-state index contributed by atoms with van der Waals surface area (Å²) in [5, 5.41) is 3.11. The Balaban J connectivity index is 1.86. The zero-order valence-corrected chi connectivity index (χ0v) is 14.1. The number of hydrogen-bond donors (Lipinski definition) is 1. The van der Waals surface area contributed by atoms with Gasteiger partial charge in [0, 0.05) is 19.6 Å². The van der Waals surface area contributed by atoms with Crippen LogP contribution in [-0.2, 0) is 19.6 Å². The van der Waals surface area contributed by atoms with Crippen molar-refractivity contribution in [3.05, 3.63) is 70.5 Å². The van der Waals surface area contributed by atoms with Gasteiger partial charge in [-0.2, -0.15) is 0 Å². The van der Waals surface area contributed by atoms with Crippen molar-refractivity contribution in [1.29, 1.82) is 0 Å². The average molecular weight is 336 g/mol. The van der Waals surface area contributed by atoms with Crippen LogP contribution in [0.3, 0.4) is 0 Å². The first-order valence-corrected chi connectivity index (χ1v) is 8.17. The molecule has 1 N–H and O–H groups in total. The van der Waals surface area contributed by atoms with Crippen LogP contribution in [0.5, 0.6) is 0 Å². The summed E-state index contributed by atoms with van der Waals surface area (Å²) in [7, 11) is 0. The van der Waals surface area contributed by atoms with Crippen molar-refractivity contribution in [1.82, 2.24) is 10.2 Å². The second-order valence-corrected chi connectivity index (χ2v) is 5.75. The van der Waals surface area contributed by atoms with Crippen LogP contribution >= 0.6 is 0 Å². The van der Waals surface area contributed by atoms with Gasteiger partial charge in [-0.3, -0.25) is 4.90 Å². The van der Waals surface area contributed by atoms with Crippen LogP contribution < -0.4 is 5.32 Å². The molecule has 0 atom stereocenters. The predicted octanol–water partition coefficient (Wildman–Crippen LogP) is 4.24. The molecule has 2 aromatic rings. The number of hydrogen-bond acceptors (Lipinski definition) is 2. The van der Waals surface area contributed by atoms with Crippen LogP contribution in [0.1, 0.15) is 30.5 Å². The Kier molecular flexibility index (Phi) is 6.82. The molecule has 0 unspecified atom stereocenters. The predicted molar refractivity (Wildman–Crippen MR) is 89.9 cm³/mol. The van der Waals surface area contributed by atoms with Crippen molar-refractivity contribution < 1.29 is 13.2 Å². The largest absolute Gasteiger partial charge is 0.309 e. The number of rotatable bonds is 8. The second-order valence-electron chi connectivity index (χ2n) is 5.75. The van der Waals surface area contributed by atoms with Crippen molar-refractivity contribution in [3.8, 4) is 0 Å². The summed E-state index contributed by atoms with van der Waals surface area (Å²) in [6, 6.07) is 10.3. The molecule has 0 aliphatic heterocycles. The highest BCUT2D eigenvalue weighted by atomic mass is 19.2. The number of benzene rings is 2. The number of nitrogens with zero attached hydrogens (tertiary/aromatic N) is 1. The molecule has 0 radical (unpaired) electrons. The molecule has 2 aromatic carbocycles. The minimum Gasteiger partial charge on any atom is -0.309 e. The maximum absolute atomic E-state index is 13.2. The molecular weight excluding hydrogens is 313 g/mol. The molecule has 24 heavy (non-hydrogen) atoms. The summed E-state index contributed by atoms with van der Waals surface area (Å²) < 4.78 is 39.2. The fourth-order valence-corrected chi connectivity index (χ4v) is 2.53. The summed E-state index contributed by atoms with van der Waals surface area (Å²) in [5.74, 6) is -3.75. The van der Waals surface area contributed by atoms with E-state index in [1.165, 1.54) is 5.56 Å². The third-order valence-electron chi connectivity index (χ3n) is 4.03. The Labute approximate surface area is 141 Å². The van der Waals surface area contributed by atoms with Crippen LogP contribution in [0.25, 0.3) is 0 Å². The van der Waals surface area contributed by atoms with Gasteiger partial charge in [-0.05, 0) is 41.9 Å². The van der Waals surface area contributed by atoms with Gasteiger partial charge < -0.3 is 5.32 Å². The van der Waals surface area contributed by atoms with E-state index in [-0.39, 0.29) is 6.54 Å². The Bertz CT molecular complexity index is 629. The summed E-state index contributed by atoms with van der Waals surface area (Å²) in [6.45, 7) is 8.09. The molecule has 0 fully saturated rings. The van der Waals surface area contributed by atoms with Gasteiger partial charge >= 0.3 is 0 Å². The molecular formula is C19H23F3N2. The van der Waals surface area contributed by atoms with Crippen LogP contribution in [0.2, 0.25) is 0 Å². The van der Waals surface area contributed by atoms with E-state index in [2.05, 4.69) is 36.2 Å². The van der Waals surface area contributed by atoms with Gasteiger partial charge in [0.15, 0.2) is 17.5 Å². The minimum atomic E-state index is -1.43. The lowest BCUT2D eigenvalue weighted by molar-refractivity contribution is 0.296. The first kappa shape index (κ1) is 18.5. The first-order valence-electron chi connectivity index (χ1n) is 8.17. The minimum absolute atomic E-state index is 0.273. The molecule has 0 saturated heterocycles. The van der Waals surface area contributed by atoms with E-state index in [1.54, 1.807) is 0 Å². The van der Waals surface area contributed by atoms with Gasteiger partial charge in [-0.25, -0.2) is 13.2 Å². The Morgan fingerprint density at radius 3 is 1.83 bits per heavy atom. The van der Waals surface area contributed by atoms with Gasteiger partial charge in [0.2, 0.25) is 0 Å². The van der Waals surface area contributed by atoms with E-state index in [1.807, 2.05) is 12.1 Å². The molecule has 0 saturated carbocycles. The Hall–Kier alpha value is -1.85. The average Bonchev–Trinajstić information content (AvgIpc) is 2.58. The van der Waals surface area contributed by atoms with Crippen LogP contribution in [0.15, 0.2) is 36.4 Å². The zero-order valence-electron chi connectivity index (χ0n) is 14.1.